The van der Waals surface area contributed by atoms with Crippen molar-refractivity contribution in [1.29, 1.82) is 0 Å². The van der Waals surface area contributed by atoms with Gasteiger partial charge in [-0.3, -0.25) is 4.79 Å². The second-order valence-corrected chi connectivity index (χ2v) is 10.2. The number of benzene rings is 2. The summed E-state index contributed by atoms with van der Waals surface area (Å²) in [6, 6.07) is 9.25. The quantitative estimate of drug-likeness (QED) is 0.560. The molecule has 3 aromatic rings. The molecular formula is C19H18BrClN4O4S. The molecule has 1 saturated heterocycles. The number of carbonyl (C=O) groups is 1. The van der Waals surface area contributed by atoms with E-state index in [2.05, 4.69) is 31.6 Å². The minimum Gasteiger partial charge on any atom is -0.355 e. The molecule has 30 heavy (non-hydrogen) atoms. The van der Waals surface area contributed by atoms with Crippen LogP contribution in [0.1, 0.15) is 24.8 Å². The predicted octanol–water partition coefficient (Wildman–Crippen LogP) is 3.50. The van der Waals surface area contributed by atoms with Crippen molar-refractivity contribution < 1.29 is 17.8 Å². The summed E-state index contributed by atoms with van der Waals surface area (Å²) in [5, 5.41) is 10.5. The van der Waals surface area contributed by atoms with Crippen LogP contribution in [0.5, 0.6) is 0 Å². The topological polar surface area (TPSA) is 105 Å². The van der Waals surface area contributed by atoms with Crippen LogP contribution in [0.15, 0.2) is 50.4 Å². The first-order valence-corrected chi connectivity index (χ1v) is 11.9. The number of carbonyl (C=O) groups excluding carboxylic acids is 1. The van der Waals surface area contributed by atoms with Gasteiger partial charge in [0.25, 0.3) is 0 Å². The fourth-order valence-corrected chi connectivity index (χ4v) is 5.66. The van der Waals surface area contributed by atoms with E-state index in [1.54, 1.807) is 0 Å². The van der Waals surface area contributed by atoms with Crippen LogP contribution in [-0.2, 0) is 21.4 Å². The third kappa shape index (κ3) is 4.09. The average Bonchev–Trinajstić information content (AvgIpc) is 3.12. The van der Waals surface area contributed by atoms with Crippen LogP contribution < -0.4 is 5.32 Å². The van der Waals surface area contributed by atoms with Gasteiger partial charge in [0.15, 0.2) is 11.0 Å². The molecule has 1 aliphatic heterocycles. The van der Waals surface area contributed by atoms with E-state index in [0.29, 0.717) is 13.0 Å². The van der Waals surface area contributed by atoms with Crippen LogP contribution in [0.25, 0.3) is 11.0 Å². The van der Waals surface area contributed by atoms with E-state index in [1.165, 1.54) is 16.4 Å². The summed E-state index contributed by atoms with van der Waals surface area (Å²) >= 11 is 9.48. The van der Waals surface area contributed by atoms with Gasteiger partial charge < -0.3 is 5.32 Å². The average molecular weight is 514 g/mol. The number of amides is 1. The number of sulfonamides is 1. The largest absolute Gasteiger partial charge is 0.355 e. The molecule has 11 heteroatoms. The van der Waals surface area contributed by atoms with Crippen molar-refractivity contribution in [2.24, 2.45) is 0 Å². The Morgan fingerprint density at radius 1 is 1.13 bits per heavy atom. The summed E-state index contributed by atoms with van der Waals surface area (Å²) in [6.07, 6.45) is 1.96. The molecule has 0 saturated carbocycles. The lowest BCUT2D eigenvalue weighted by Gasteiger charge is -2.29. The first-order valence-electron chi connectivity index (χ1n) is 9.32. The zero-order chi connectivity index (χ0) is 21.3. The normalized spacial score (nSPS) is 17.8. The first-order chi connectivity index (χ1) is 14.4. The van der Waals surface area contributed by atoms with Crippen LogP contribution in [-0.4, -0.2) is 41.5 Å². The van der Waals surface area contributed by atoms with Gasteiger partial charge in [-0.1, -0.05) is 39.7 Å². The van der Waals surface area contributed by atoms with Crippen LogP contribution in [0.4, 0.5) is 0 Å². The summed E-state index contributed by atoms with van der Waals surface area (Å²) in [7, 11) is -4.13. The predicted molar refractivity (Wildman–Crippen MR) is 114 cm³/mol. The fourth-order valence-electron chi connectivity index (χ4n) is 3.48. The van der Waals surface area contributed by atoms with E-state index in [0.717, 1.165) is 22.9 Å². The molecule has 4 rings (SSSR count). The van der Waals surface area contributed by atoms with E-state index in [-0.39, 0.29) is 33.4 Å². The Hall–Kier alpha value is -2.01. The van der Waals surface area contributed by atoms with Crippen molar-refractivity contribution >= 4 is 54.5 Å². The Morgan fingerprint density at radius 2 is 1.87 bits per heavy atom. The molecule has 1 fully saturated rings. The van der Waals surface area contributed by atoms with Gasteiger partial charge in [0, 0.05) is 17.6 Å². The van der Waals surface area contributed by atoms with E-state index in [9.17, 15) is 13.2 Å². The Bertz CT molecular complexity index is 1180. The maximum absolute atomic E-state index is 13.8. The number of nitrogens with zero attached hydrogens (tertiary/aromatic N) is 3. The first kappa shape index (κ1) is 21.2. The van der Waals surface area contributed by atoms with Crippen molar-refractivity contribution in [3.63, 3.8) is 0 Å². The number of halogens is 2. The minimum atomic E-state index is -4.13. The van der Waals surface area contributed by atoms with E-state index in [4.69, 9.17) is 16.2 Å². The second kappa shape index (κ2) is 8.62. The smallest absolute Gasteiger partial charge is 0.246 e. The van der Waals surface area contributed by atoms with E-state index in [1.807, 2.05) is 24.3 Å². The molecule has 0 bridgehead atoms. The van der Waals surface area contributed by atoms with Crippen molar-refractivity contribution in [3.8, 4) is 0 Å². The van der Waals surface area contributed by atoms with Crippen LogP contribution in [0.2, 0.25) is 5.02 Å². The molecule has 8 nitrogen and oxygen atoms in total. The van der Waals surface area contributed by atoms with Gasteiger partial charge in [0.2, 0.25) is 15.9 Å². The van der Waals surface area contributed by atoms with Crippen LogP contribution in [0.3, 0.4) is 0 Å². The summed E-state index contributed by atoms with van der Waals surface area (Å²) < 4.78 is 34.4. The summed E-state index contributed by atoms with van der Waals surface area (Å²) in [4.78, 5) is 12.7. The summed E-state index contributed by atoms with van der Waals surface area (Å²) in [5.41, 5.74) is 0.950. The van der Waals surface area contributed by atoms with Crippen molar-refractivity contribution in [3.05, 3.63) is 51.5 Å². The summed E-state index contributed by atoms with van der Waals surface area (Å²) in [5.74, 6) is -0.309. The van der Waals surface area contributed by atoms with Gasteiger partial charge in [-0.05, 0) is 59.4 Å². The fraction of sp³-hybridized carbons (Fsp3) is 0.316. The molecule has 1 aliphatic rings. The molecular weight excluding hydrogens is 496 g/mol. The zero-order valence-corrected chi connectivity index (χ0v) is 18.9. The number of hydrogen-bond acceptors (Lipinski definition) is 6. The lowest BCUT2D eigenvalue weighted by atomic mass is 10.1. The van der Waals surface area contributed by atoms with E-state index >= 15 is 0 Å². The van der Waals surface area contributed by atoms with Crippen molar-refractivity contribution in [1.82, 2.24) is 19.9 Å². The lowest BCUT2D eigenvalue weighted by Crippen LogP contribution is -2.48. The Morgan fingerprint density at radius 3 is 2.63 bits per heavy atom. The zero-order valence-electron chi connectivity index (χ0n) is 15.7. The van der Waals surface area contributed by atoms with Gasteiger partial charge in [0.1, 0.15) is 10.9 Å². The molecule has 2 heterocycles. The number of rotatable bonds is 5. The number of hydrogen-bond donors (Lipinski definition) is 1. The maximum atomic E-state index is 13.8. The van der Waals surface area contributed by atoms with Crippen molar-refractivity contribution in [2.75, 3.05) is 6.54 Å². The van der Waals surface area contributed by atoms with Crippen LogP contribution in [0, 0.1) is 0 Å². The molecule has 1 amide bonds. The molecule has 0 aliphatic carbocycles. The Labute approximate surface area is 186 Å². The molecule has 1 atom stereocenters. The third-order valence-electron chi connectivity index (χ3n) is 5.02. The van der Waals surface area contributed by atoms with Gasteiger partial charge in [-0.2, -0.15) is 4.31 Å². The SMILES string of the molecule is O=C1NCCCC[C@H]1N(Cc1ccc(Br)cc1)S(=O)(=O)c1ccc(Cl)c2nonc12. The highest BCUT2D eigenvalue weighted by Crippen LogP contribution is 2.31. The molecule has 1 N–H and O–H groups in total. The standard InChI is InChI=1S/C19H18BrClN4O4S/c20-13-6-4-12(5-7-13)11-25(15-3-1-2-10-22-19(15)26)30(27,28)16-9-8-14(21)17-18(16)24-29-23-17/h4-9,15H,1-3,10-11H2,(H,22,26)/t15-/m1/s1. The maximum Gasteiger partial charge on any atom is 0.246 e. The molecule has 1 aromatic heterocycles. The number of aromatic nitrogens is 2. The van der Waals surface area contributed by atoms with Gasteiger partial charge >= 0.3 is 0 Å². The Balaban J connectivity index is 1.82. The minimum absolute atomic E-state index is 0.0309. The van der Waals surface area contributed by atoms with Crippen LogP contribution >= 0.6 is 27.5 Å². The molecule has 0 radical (unpaired) electrons. The lowest BCUT2D eigenvalue weighted by molar-refractivity contribution is -0.124. The molecule has 158 valence electrons. The van der Waals surface area contributed by atoms with E-state index < -0.39 is 16.1 Å². The van der Waals surface area contributed by atoms with Gasteiger partial charge in [0.05, 0.1) is 5.02 Å². The monoisotopic (exact) mass is 512 g/mol. The molecule has 2 aromatic carbocycles. The Kier molecular flexibility index (Phi) is 6.10. The molecule has 0 unspecified atom stereocenters. The number of nitrogens with one attached hydrogen (secondary N) is 1. The third-order valence-corrected chi connectivity index (χ3v) is 7.74. The highest BCUT2D eigenvalue weighted by molar-refractivity contribution is 9.10. The highest BCUT2D eigenvalue weighted by Gasteiger charge is 2.38. The summed E-state index contributed by atoms with van der Waals surface area (Å²) in [6.45, 7) is 0.559. The second-order valence-electron chi connectivity index (χ2n) is 6.99. The number of fused-ring (bicyclic) bond motifs is 1. The van der Waals surface area contributed by atoms with Gasteiger partial charge in [-0.15, -0.1) is 0 Å². The van der Waals surface area contributed by atoms with Gasteiger partial charge in [-0.25, -0.2) is 13.0 Å². The highest BCUT2D eigenvalue weighted by atomic mass is 79.9. The molecule has 0 spiro atoms. The van der Waals surface area contributed by atoms with Crippen molar-refractivity contribution in [2.45, 2.75) is 36.7 Å².